The second-order valence-electron chi connectivity index (χ2n) is 4.43. The number of carbonyl (C=O) groups is 1. The van der Waals surface area contributed by atoms with Crippen LogP contribution in [0.25, 0.3) is 0 Å². The number of nitrogens with one attached hydrogen (secondary N) is 2. The molecule has 0 fully saturated rings. The highest BCUT2D eigenvalue weighted by Gasteiger charge is 2.18. The topological polar surface area (TPSA) is 75.3 Å². The lowest BCUT2D eigenvalue weighted by Crippen LogP contribution is -2.32. The predicted molar refractivity (Wildman–Crippen MR) is 83.9 cm³/mol. The van der Waals surface area contributed by atoms with E-state index >= 15 is 0 Å². The Morgan fingerprint density at radius 3 is 2.59 bits per heavy atom. The summed E-state index contributed by atoms with van der Waals surface area (Å²) < 4.78 is 39.8. The van der Waals surface area contributed by atoms with Gasteiger partial charge in [-0.3, -0.25) is 4.79 Å². The maximum Gasteiger partial charge on any atom is 0.250 e. The van der Waals surface area contributed by atoms with Crippen molar-refractivity contribution in [2.24, 2.45) is 0 Å². The van der Waals surface area contributed by atoms with Gasteiger partial charge >= 0.3 is 0 Å². The Morgan fingerprint density at radius 1 is 1.23 bits per heavy atom. The van der Waals surface area contributed by atoms with Gasteiger partial charge in [0, 0.05) is 4.88 Å². The Labute approximate surface area is 132 Å². The summed E-state index contributed by atoms with van der Waals surface area (Å²) in [5.41, 5.74) is 0.0103. The van der Waals surface area contributed by atoms with E-state index in [9.17, 15) is 17.6 Å². The summed E-state index contributed by atoms with van der Waals surface area (Å²) in [6.07, 6.45) is 0.744. The zero-order chi connectivity index (χ0) is 16.2. The summed E-state index contributed by atoms with van der Waals surface area (Å²) in [5.74, 6) is -1.22. The molecule has 2 aromatic rings. The van der Waals surface area contributed by atoms with Gasteiger partial charge in [-0.2, -0.15) is 0 Å². The molecule has 0 aliphatic heterocycles. The maximum atomic E-state index is 13.4. The van der Waals surface area contributed by atoms with E-state index < -0.39 is 28.3 Å². The molecule has 8 heteroatoms. The largest absolute Gasteiger partial charge is 0.322 e. The molecule has 22 heavy (non-hydrogen) atoms. The van der Waals surface area contributed by atoms with Gasteiger partial charge in [-0.15, -0.1) is 11.3 Å². The first-order valence-electron chi connectivity index (χ1n) is 6.55. The minimum atomic E-state index is -3.73. The molecule has 1 aromatic carbocycles. The van der Waals surface area contributed by atoms with Crippen molar-refractivity contribution in [3.8, 4) is 0 Å². The first-order chi connectivity index (χ1) is 10.4. The zero-order valence-corrected chi connectivity index (χ0v) is 13.4. The van der Waals surface area contributed by atoms with Crippen LogP contribution in [0.4, 0.5) is 10.1 Å². The third kappa shape index (κ3) is 4.12. The Balaban J connectivity index is 1.97. The number of carbonyl (C=O) groups excluding carboxylic acids is 1. The molecule has 0 radical (unpaired) electrons. The number of sulfonamides is 1. The summed E-state index contributed by atoms with van der Waals surface area (Å²) in [7, 11) is -3.73. The third-order valence-electron chi connectivity index (χ3n) is 2.82. The van der Waals surface area contributed by atoms with Crippen molar-refractivity contribution in [3.05, 3.63) is 47.1 Å². The van der Waals surface area contributed by atoms with Crippen LogP contribution in [0.1, 0.15) is 11.8 Å². The fraction of sp³-hybridized carbons (Fsp3) is 0.214. The molecule has 0 aliphatic rings. The van der Waals surface area contributed by atoms with Crippen molar-refractivity contribution in [1.29, 1.82) is 0 Å². The Kier molecular flexibility index (Phi) is 5.28. The summed E-state index contributed by atoms with van der Waals surface area (Å²) in [5, 5.41) is 2.31. The van der Waals surface area contributed by atoms with Crippen LogP contribution in [0.15, 0.2) is 40.6 Å². The van der Waals surface area contributed by atoms with Gasteiger partial charge in [0.05, 0.1) is 12.2 Å². The molecule has 0 bridgehead atoms. The summed E-state index contributed by atoms with van der Waals surface area (Å²) >= 11 is 1.16. The van der Waals surface area contributed by atoms with Gasteiger partial charge in [-0.05, 0) is 30.7 Å². The van der Waals surface area contributed by atoms with Gasteiger partial charge in [0.1, 0.15) is 10.0 Å². The van der Waals surface area contributed by atoms with E-state index in [1.54, 1.807) is 12.1 Å². The average molecular weight is 342 g/mol. The smallest absolute Gasteiger partial charge is 0.250 e. The van der Waals surface area contributed by atoms with E-state index in [4.69, 9.17) is 0 Å². The second kappa shape index (κ2) is 6.99. The van der Waals surface area contributed by atoms with Crippen LogP contribution in [-0.4, -0.2) is 20.9 Å². The number of hydrogen-bond acceptors (Lipinski definition) is 4. The molecular formula is C14H15FN2O3S2. The number of amides is 1. The number of anilines is 1. The van der Waals surface area contributed by atoms with Gasteiger partial charge < -0.3 is 5.32 Å². The lowest BCUT2D eigenvalue weighted by Gasteiger charge is -2.07. The molecular weight excluding hydrogens is 327 g/mol. The van der Waals surface area contributed by atoms with Crippen molar-refractivity contribution >= 4 is 33.0 Å². The molecule has 0 spiro atoms. The molecule has 2 rings (SSSR count). The van der Waals surface area contributed by atoms with E-state index in [1.807, 2.05) is 6.92 Å². The minimum Gasteiger partial charge on any atom is -0.322 e. The second-order valence-corrected chi connectivity index (χ2v) is 7.59. The van der Waals surface area contributed by atoms with Crippen molar-refractivity contribution in [1.82, 2.24) is 4.72 Å². The summed E-state index contributed by atoms with van der Waals surface area (Å²) in [6, 6.07) is 8.90. The van der Waals surface area contributed by atoms with Crippen LogP contribution < -0.4 is 10.0 Å². The standard InChI is InChI=1S/C14H15FN2O3S2/c1-2-10-7-8-14(21-10)22(19,20)16-9-13(18)17-12-6-4-3-5-11(12)15/h3-8,16H,2,9H2,1H3,(H,17,18). The molecule has 5 nitrogen and oxygen atoms in total. The van der Waals surface area contributed by atoms with Crippen LogP contribution in [0.5, 0.6) is 0 Å². The van der Waals surface area contributed by atoms with E-state index in [0.717, 1.165) is 22.6 Å². The van der Waals surface area contributed by atoms with Crippen LogP contribution in [-0.2, 0) is 21.2 Å². The third-order valence-corrected chi connectivity index (χ3v) is 5.94. The molecule has 0 atom stereocenters. The van der Waals surface area contributed by atoms with Crippen LogP contribution in [0.3, 0.4) is 0 Å². The molecule has 1 heterocycles. The number of halogens is 1. The van der Waals surface area contributed by atoms with Gasteiger partial charge in [0.2, 0.25) is 5.91 Å². The van der Waals surface area contributed by atoms with E-state index in [0.29, 0.717) is 0 Å². The quantitative estimate of drug-likeness (QED) is 0.846. The first kappa shape index (κ1) is 16.6. The predicted octanol–water partition coefficient (Wildman–Crippen LogP) is 2.37. The molecule has 0 saturated heterocycles. The van der Waals surface area contributed by atoms with E-state index in [-0.39, 0.29) is 9.90 Å². The summed E-state index contributed by atoms with van der Waals surface area (Å²) in [6.45, 7) is 1.47. The number of aryl methyl sites for hydroxylation is 1. The maximum absolute atomic E-state index is 13.4. The molecule has 0 unspecified atom stereocenters. The van der Waals surface area contributed by atoms with Gasteiger partial charge in [0.15, 0.2) is 0 Å². The fourth-order valence-corrected chi connectivity index (χ4v) is 4.00. The van der Waals surface area contributed by atoms with Gasteiger partial charge in [-0.1, -0.05) is 19.1 Å². The van der Waals surface area contributed by atoms with E-state index in [2.05, 4.69) is 10.0 Å². The van der Waals surface area contributed by atoms with Crippen molar-refractivity contribution < 1.29 is 17.6 Å². The Morgan fingerprint density at radius 2 is 1.95 bits per heavy atom. The first-order valence-corrected chi connectivity index (χ1v) is 8.85. The number of hydrogen-bond donors (Lipinski definition) is 2. The molecule has 0 saturated carbocycles. The van der Waals surface area contributed by atoms with Crippen molar-refractivity contribution in [2.45, 2.75) is 17.6 Å². The van der Waals surface area contributed by atoms with Crippen molar-refractivity contribution in [3.63, 3.8) is 0 Å². The highest BCUT2D eigenvalue weighted by molar-refractivity contribution is 7.91. The normalized spacial score (nSPS) is 11.4. The highest BCUT2D eigenvalue weighted by Crippen LogP contribution is 2.21. The highest BCUT2D eigenvalue weighted by atomic mass is 32.2. The molecule has 1 aromatic heterocycles. The van der Waals surface area contributed by atoms with Crippen LogP contribution in [0, 0.1) is 5.82 Å². The lowest BCUT2D eigenvalue weighted by atomic mass is 10.3. The summed E-state index contributed by atoms with van der Waals surface area (Å²) in [4.78, 5) is 12.6. The Bertz CT molecular complexity index is 772. The monoisotopic (exact) mass is 342 g/mol. The minimum absolute atomic E-state index is 0.0103. The van der Waals surface area contributed by atoms with E-state index in [1.165, 1.54) is 24.3 Å². The number of para-hydroxylation sites is 1. The molecule has 2 N–H and O–H groups in total. The van der Waals surface area contributed by atoms with Gasteiger partial charge in [-0.25, -0.2) is 17.5 Å². The lowest BCUT2D eigenvalue weighted by molar-refractivity contribution is -0.115. The Hall–Kier alpha value is -1.77. The number of rotatable bonds is 6. The number of benzene rings is 1. The fourth-order valence-electron chi connectivity index (χ4n) is 1.68. The van der Waals surface area contributed by atoms with Gasteiger partial charge in [0.25, 0.3) is 10.0 Å². The molecule has 118 valence electrons. The molecule has 1 amide bonds. The molecule has 0 aliphatic carbocycles. The number of thiophene rings is 1. The van der Waals surface area contributed by atoms with Crippen LogP contribution >= 0.6 is 11.3 Å². The average Bonchev–Trinajstić information content (AvgIpc) is 2.98. The van der Waals surface area contributed by atoms with Crippen LogP contribution in [0.2, 0.25) is 0 Å². The zero-order valence-electron chi connectivity index (χ0n) is 11.8. The van der Waals surface area contributed by atoms with Crippen molar-refractivity contribution in [2.75, 3.05) is 11.9 Å². The SMILES string of the molecule is CCc1ccc(S(=O)(=O)NCC(=O)Nc2ccccc2F)s1.